The van der Waals surface area contributed by atoms with Crippen molar-refractivity contribution in [3.8, 4) is 5.75 Å². The highest BCUT2D eigenvalue weighted by molar-refractivity contribution is 5.96. The van der Waals surface area contributed by atoms with Crippen LogP contribution in [0.15, 0.2) is 18.2 Å². The SMILES string of the molecule is Cc1cc(C(=O)N(C)CC(N)=O)ccc1O. The molecular formula is C11H14N2O3. The first-order valence-electron chi connectivity index (χ1n) is 4.75. The van der Waals surface area contributed by atoms with E-state index in [1.54, 1.807) is 13.0 Å². The average Bonchev–Trinajstić information content (AvgIpc) is 2.20. The summed E-state index contributed by atoms with van der Waals surface area (Å²) in [6.45, 7) is 1.57. The Kier molecular flexibility index (Phi) is 3.50. The molecule has 1 aromatic rings. The van der Waals surface area contributed by atoms with E-state index in [2.05, 4.69) is 0 Å². The lowest BCUT2D eigenvalue weighted by molar-refractivity contribution is -0.118. The van der Waals surface area contributed by atoms with Gasteiger partial charge in [0.2, 0.25) is 5.91 Å². The van der Waals surface area contributed by atoms with Gasteiger partial charge in [0, 0.05) is 12.6 Å². The van der Waals surface area contributed by atoms with Gasteiger partial charge in [-0.2, -0.15) is 0 Å². The molecule has 0 unspecified atom stereocenters. The summed E-state index contributed by atoms with van der Waals surface area (Å²) in [5.74, 6) is -0.734. The van der Waals surface area contributed by atoms with Crippen molar-refractivity contribution in [1.29, 1.82) is 0 Å². The van der Waals surface area contributed by atoms with Crippen molar-refractivity contribution in [3.05, 3.63) is 29.3 Å². The van der Waals surface area contributed by atoms with E-state index in [9.17, 15) is 14.7 Å². The van der Waals surface area contributed by atoms with Gasteiger partial charge in [-0.1, -0.05) is 0 Å². The normalized spacial score (nSPS) is 9.88. The zero-order valence-electron chi connectivity index (χ0n) is 9.23. The van der Waals surface area contributed by atoms with E-state index in [-0.39, 0.29) is 18.2 Å². The van der Waals surface area contributed by atoms with E-state index >= 15 is 0 Å². The third kappa shape index (κ3) is 2.73. The molecule has 0 fully saturated rings. The zero-order valence-corrected chi connectivity index (χ0v) is 9.23. The molecule has 0 aromatic heterocycles. The lowest BCUT2D eigenvalue weighted by atomic mass is 10.1. The number of primary amides is 1. The zero-order chi connectivity index (χ0) is 12.3. The summed E-state index contributed by atoms with van der Waals surface area (Å²) >= 11 is 0. The summed E-state index contributed by atoms with van der Waals surface area (Å²) < 4.78 is 0. The Morgan fingerprint density at radius 3 is 2.56 bits per heavy atom. The number of aryl methyl sites for hydroxylation is 1. The van der Waals surface area contributed by atoms with E-state index < -0.39 is 5.91 Å². The standard InChI is InChI=1S/C11H14N2O3/c1-7-5-8(3-4-9(7)14)11(16)13(2)6-10(12)15/h3-5,14H,6H2,1-2H3,(H2,12,15). The number of hydrogen-bond donors (Lipinski definition) is 2. The molecule has 0 aliphatic rings. The number of amides is 2. The van der Waals surface area contributed by atoms with Gasteiger partial charge < -0.3 is 15.7 Å². The first-order valence-corrected chi connectivity index (χ1v) is 4.75. The number of hydrogen-bond acceptors (Lipinski definition) is 3. The molecule has 0 spiro atoms. The molecular weight excluding hydrogens is 208 g/mol. The number of phenols is 1. The molecule has 3 N–H and O–H groups in total. The van der Waals surface area contributed by atoms with E-state index in [1.165, 1.54) is 24.1 Å². The quantitative estimate of drug-likeness (QED) is 0.769. The minimum Gasteiger partial charge on any atom is -0.508 e. The van der Waals surface area contributed by atoms with Gasteiger partial charge in [-0.05, 0) is 30.7 Å². The highest BCUT2D eigenvalue weighted by atomic mass is 16.3. The van der Waals surface area contributed by atoms with Crippen molar-refractivity contribution < 1.29 is 14.7 Å². The molecule has 0 aliphatic heterocycles. The highest BCUT2D eigenvalue weighted by Gasteiger charge is 2.14. The van der Waals surface area contributed by atoms with Gasteiger partial charge in [-0.25, -0.2) is 0 Å². The van der Waals surface area contributed by atoms with Crippen molar-refractivity contribution in [2.45, 2.75) is 6.92 Å². The Morgan fingerprint density at radius 2 is 2.06 bits per heavy atom. The van der Waals surface area contributed by atoms with Gasteiger partial charge in [0.15, 0.2) is 0 Å². The van der Waals surface area contributed by atoms with E-state index in [0.717, 1.165) is 0 Å². The third-order valence-corrected chi connectivity index (χ3v) is 2.18. The van der Waals surface area contributed by atoms with Crippen LogP contribution >= 0.6 is 0 Å². The van der Waals surface area contributed by atoms with Crippen LogP contribution in [0.4, 0.5) is 0 Å². The number of phenolic OH excluding ortho intramolecular Hbond substituents is 1. The van der Waals surface area contributed by atoms with Crippen LogP contribution in [-0.2, 0) is 4.79 Å². The van der Waals surface area contributed by atoms with Gasteiger partial charge in [0.05, 0.1) is 6.54 Å². The highest BCUT2D eigenvalue weighted by Crippen LogP contribution is 2.17. The van der Waals surface area contributed by atoms with E-state index in [0.29, 0.717) is 11.1 Å². The topological polar surface area (TPSA) is 83.6 Å². The number of benzene rings is 1. The van der Waals surface area contributed by atoms with Crippen LogP contribution in [0.5, 0.6) is 5.75 Å². The van der Waals surface area contributed by atoms with Crippen molar-refractivity contribution in [2.24, 2.45) is 5.73 Å². The second-order valence-corrected chi connectivity index (χ2v) is 3.63. The number of rotatable bonds is 3. The molecule has 0 radical (unpaired) electrons. The molecule has 0 atom stereocenters. The smallest absolute Gasteiger partial charge is 0.254 e. The largest absolute Gasteiger partial charge is 0.508 e. The fourth-order valence-electron chi connectivity index (χ4n) is 1.31. The summed E-state index contributed by atoms with van der Waals surface area (Å²) in [5, 5.41) is 9.31. The number of likely N-dealkylation sites (N-methyl/N-ethyl adjacent to an activating group) is 1. The third-order valence-electron chi connectivity index (χ3n) is 2.18. The van der Waals surface area contributed by atoms with Crippen LogP contribution in [0.3, 0.4) is 0 Å². The molecule has 5 heteroatoms. The Morgan fingerprint density at radius 1 is 1.44 bits per heavy atom. The summed E-state index contributed by atoms with van der Waals surface area (Å²) in [6, 6.07) is 4.51. The van der Waals surface area contributed by atoms with Crippen LogP contribution in [0.2, 0.25) is 0 Å². The molecule has 1 aromatic carbocycles. The number of nitrogens with zero attached hydrogens (tertiary/aromatic N) is 1. The van der Waals surface area contributed by atoms with Crippen LogP contribution in [0, 0.1) is 6.92 Å². The summed E-state index contributed by atoms with van der Waals surface area (Å²) in [5.41, 5.74) is 6.02. The predicted molar refractivity (Wildman–Crippen MR) is 59.0 cm³/mol. The van der Waals surface area contributed by atoms with Crippen molar-refractivity contribution in [1.82, 2.24) is 4.90 Å². The molecule has 0 saturated carbocycles. The van der Waals surface area contributed by atoms with Crippen molar-refractivity contribution >= 4 is 11.8 Å². The van der Waals surface area contributed by atoms with E-state index in [4.69, 9.17) is 5.73 Å². The number of nitrogens with two attached hydrogens (primary N) is 1. The van der Waals surface area contributed by atoms with Crippen LogP contribution in [0.25, 0.3) is 0 Å². The molecule has 5 nitrogen and oxygen atoms in total. The Bertz CT molecular complexity index is 429. The maximum atomic E-state index is 11.8. The van der Waals surface area contributed by atoms with Crippen molar-refractivity contribution in [2.75, 3.05) is 13.6 Å². The molecule has 0 saturated heterocycles. The summed E-state index contributed by atoms with van der Waals surface area (Å²) in [4.78, 5) is 23.7. The number of aromatic hydroxyl groups is 1. The molecule has 0 aliphatic carbocycles. The second-order valence-electron chi connectivity index (χ2n) is 3.63. The first-order chi connectivity index (χ1) is 7.41. The number of carbonyl (C=O) groups excluding carboxylic acids is 2. The molecule has 86 valence electrons. The van der Waals surface area contributed by atoms with E-state index in [1.807, 2.05) is 0 Å². The van der Waals surface area contributed by atoms with Gasteiger partial charge in [-0.15, -0.1) is 0 Å². The first kappa shape index (κ1) is 12.0. The maximum absolute atomic E-state index is 11.8. The second kappa shape index (κ2) is 4.65. The van der Waals surface area contributed by atoms with Gasteiger partial charge >= 0.3 is 0 Å². The Hall–Kier alpha value is -2.04. The van der Waals surface area contributed by atoms with Crippen molar-refractivity contribution in [3.63, 3.8) is 0 Å². The lowest BCUT2D eigenvalue weighted by Gasteiger charge is -2.15. The minimum atomic E-state index is -0.564. The minimum absolute atomic E-state index is 0.126. The molecule has 1 rings (SSSR count). The average molecular weight is 222 g/mol. The number of carbonyl (C=O) groups is 2. The summed E-state index contributed by atoms with van der Waals surface area (Å²) in [6.07, 6.45) is 0. The monoisotopic (exact) mass is 222 g/mol. The van der Waals surface area contributed by atoms with Crippen LogP contribution in [0.1, 0.15) is 15.9 Å². The molecule has 0 bridgehead atoms. The lowest BCUT2D eigenvalue weighted by Crippen LogP contribution is -2.35. The Labute approximate surface area is 93.5 Å². The van der Waals surface area contributed by atoms with Gasteiger partial charge in [0.25, 0.3) is 5.91 Å². The fraction of sp³-hybridized carbons (Fsp3) is 0.273. The Balaban J connectivity index is 2.88. The molecule has 16 heavy (non-hydrogen) atoms. The van der Waals surface area contributed by atoms with Gasteiger partial charge in [0.1, 0.15) is 5.75 Å². The van der Waals surface area contributed by atoms with Gasteiger partial charge in [-0.3, -0.25) is 9.59 Å². The van der Waals surface area contributed by atoms with Crippen LogP contribution in [-0.4, -0.2) is 35.4 Å². The molecule has 2 amide bonds. The predicted octanol–water partition coefficient (Wildman–Crippen LogP) is 0.258. The fourth-order valence-corrected chi connectivity index (χ4v) is 1.31. The van der Waals surface area contributed by atoms with Crippen LogP contribution < -0.4 is 5.73 Å². The summed E-state index contributed by atoms with van der Waals surface area (Å²) in [7, 11) is 1.50. The molecule has 0 heterocycles. The maximum Gasteiger partial charge on any atom is 0.254 e.